The Morgan fingerprint density at radius 2 is 2.04 bits per heavy atom. The van der Waals surface area contributed by atoms with Crippen molar-refractivity contribution in [1.29, 1.82) is 0 Å². The van der Waals surface area contributed by atoms with Crippen LogP contribution in [0.5, 0.6) is 0 Å². The molecule has 3 rings (SSSR count). The minimum Gasteiger partial charge on any atom is -0.423 e. The summed E-state index contributed by atoms with van der Waals surface area (Å²) in [5, 5.41) is 8.03. The molecule has 1 fully saturated rings. The summed E-state index contributed by atoms with van der Waals surface area (Å²) in [6.07, 6.45) is 0.627. The fourth-order valence-corrected chi connectivity index (χ4v) is 3.82. The van der Waals surface area contributed by atoms with Gasteiger partial charge in [-0.3, -0.25) is 4.79 Å². The maximum Gasteiger partial charge on any atom is 0.256 e. The number of likely N-dealkylation sites (tertiary alicyclic amines) is 1. The summed E-state index contributed by atoms with van der Waals surface area (Å²) in [5.74, 6) is 0.963. The van der Waals surface area contributed by atoms with Gasteiger partial charge in [0.1, 0.15) is 6.04 Å². The van der Waals surface area contributed by atoms with E-state index in [1.807, 2.05) is 19.9 Å². The van der Waals surface area contributed by atoms with E-state index in [0.717, 1.165) is 17.0 Å². The van der Waals surface area contributed by atoms with Gasteiger partial charge < -0.3 is 18.6 Å². The number of methoxy groups -OCH3 is 1. The van der Waals surface area contributed by atoms with Crippen molar-refractivity contribution >= 4 is 5.91 Å². The van der Waals surface area contributed by atoms with Gasteiger partial charge in [0.2, 0.25) is 11.8 Å². The summed E-state index contributed by atoms with van der Waals surface area (Å²) < 4.78 is 13.3. The van der Waals surface area contributed by atoms with Crippen LogP contribution in [0.3, 0.4) is 0 Å². The van der Waals surface area contributed by atoms with Gasteiger partial charge in [0.25, 0.3) is 5.91 Å². The molecule has 7 heteroatoms. The van der Waals surface area contributed by atoms with E-state index in [4.69, 9.17) is 9.15 Å². The maximum absolute atomic E-state index is 13.3. The van der Waals surface area contributed by atoms with Gasteiger partial charge in [-0.05, 0) is 33.8 Å². The molecule has 0 bridgehead atoms. The van der Waals surface area contributed by atoms with Gasteiger partial charge in [-0.15, -0.1) is 10.2 Å². The van der Waals surface area contributed by atoms with Crippen molar-refractivity contribution in [1.82, 2.24) is 19.7 Å². The van der Waals surface area contributed by atoms with Crippen LogP contribution in [-0.2, 0) is 4.74 Å². The molecule has 2 atom stereocenters. The average molecular weight is 346 g/mol. The van der Waals surface area contributed by atoms with E-state index in [0.29, 0.717) is 30.8 Å². The van der Waals surface area contributed by atoms with Crippen molar-refractivity contribution in [2.75, 3.05) is 13.7 Å². The van der Waals surface area contributed by atoms with Crippen LogP contribution in [0.4, 0.5) is 0 Å². The number of rotatable bonds is 4. The van der Waals surface area contributed by atoms with Gasteiger partial charge in [0, 0.05) is 44.4 Å². The Balaban J connectivity index is 1.95. The van der Waals surface area contributed by atoms with Crippen LogP contribution in [-0.4, -0.2) is 45.3 Å². The number of nitrogens with zero attached hydrogens (tertiary/aromatic N) is 4. The molecule has 1 aliphatic heterocycles. The normalized spacial score (nSPS) is 20.7. The summed E-state index contributed by atoms with van der Waals surface area (Å²) in [6, 6.07) is 2.02. The summed E-state index contributed by atoms with van der Waals surface area (Å²) in [5.41, 5.74) is 2.80. The molecule has 0 unspecified atom stereocenters. The molecule has 0 aliphatic carbocycles. The molecule has 0 saturated carbocycles. The van der Waals surface area contributed by atoms with Crippen molar-refractivity contribution in [2.45, 2.75) is 59.2 Å². The zero-order valence-corrected chi connectivity index (χ0v) is 15.7. The van der Waals surface area contributed by atoms with Crippen molar-refractivity contribution in [3.8, 4) is 0 Å². The number of amides is 1. The van der Waals surface area contributed by atoms with Crippen LogP contribution in [0.15, 0.2) is 10.5 Å². The number of aromatic nitrogens is 3. The third kappa shape index (κ3) is 3.08. The first-order valence-electron chi connectivity index (χ1n) is 8.65. The molecule has 0 spiro atoms. The molecule has 136 valence electrons. The fraction of sp³-hybridized carbons (Fsp3) is 0.611. The number of aryl methyl sites for hydroxylation is 2. The van der Waals surface area contributed by atoms with E-state index in [1.165, 1.54) is 0 Å². The van der Waals surface area contributed by atoms with Crippen LogP contribution in [0.25, 0.3) is 0 Å². The Morgan fingerprint density at radius 3 is 2.56 bits per heavy atom. The second kappa shape index (κ2) is 6.63. The first kappa shape index (κ1) is 17.7. The van der Waals surface area contributed by atoms with Gasteiger partial charge in [0.15, 0.2) is 0 Å². The second-order valence-corrected chi connectivity index (χ2v) is 6.97. The standard InChI is InChI=1S/C18H26N4O3/c1-10(2)22-11(3)7-15(12(22)4)18(23)21-9-14(24-6)8-16(21)17-20-19-13(5)25-17/h7,10,14,16H,8-9H2,1-6H3/t14-,16-/m1/s1. The van der Waals surface area contributed by atoms with E-state index in [-0.39, 0.29) is 18.1 Å². The predicted molar refractivity (Wildman–Crippen MR) is 92.5 cm³/mol. The predicted octanol–water partition coefficient (Wildman–Crippen LogP) is 2.98. The van der Waals surface area contributed by atoms with Crippen LogP contribution >= 0.6 is 0 Å². The highest BCUT2D eigenvalue weighted by molar-refractivity contribution is 5.96. The van der Waals surface area contributed by atoms with Crippen molar-refractivity contribution < 1.29 is 13.9 Å². The summed E-state index contributed by atoms with van der Waals surface area (Å²) >= 11 is 0. The van der Waals surface area contributed by atoms with Crippen LogP contribution in [0.2, 0.25) is 0 Å². The van der Waals surface area contributed by atoms with Gasteiger partial charge in [-0.1, -0.05) is 0 Å². The Morgan fingerprint density at radius 1 is 1.32 bits per heavy atom. The van der Waals surface area contributed by atoms with Gasteiger partial charge in [-0.2, -0.15) is 0 Å². The van der Waals surface area contributed by atoms with E-state index in [9.17, 15) is 4.79 Å². The van der Waals surface area contributed by atoms with Crippen molar-refractivity contribution in [3.05, 3.63) is 34.8 Å². The lowest BCUT2D eigenvalue weighted by molar-refractivity contribution is 0.0673. The SMILES string of the molecule is CO[C@@H]1C[C@H](c2nnc(C)o2)N(C(=O)c2cc(C)n(C(C)C)c2C)C1. The lowest BCUT2D eigenvalue weighted by Crippen LogP contribution is -2.32. The topological polar surface area (TPSA) is 73.4 Å². The van der Waals surface area contributed by atoms with Crippen LogP contribution < -0.4 is 0 Å². The molecule has 0 radical (unpaired) electrons. The quantitative estimate of drug-likeness (QED) is 0.851. The molecule has 1 aliphatic rings. The van der Waals surface area contributed by atoms with Crippen molar-refractivity contribution in [2.24, 2.45) is 0 Å². The first-order chi connectivity index (χ1) is 11.8. The Hall–Kier alpha value is -2.15. The van der Waals surface area contributed by atoms with Crippen molar-refractivity contribution in [3.63, 3.8) is 0 Å². The molecule has 3 heterocycles. The summed E-state index contributed by atoms with van der Waals surface area (Å²) in [7, 11) is 1.67. The molecule has 0 aromatic carbocycles. The minimum atomic E-state index is -0.249. The summed E-state index contributed by atoms with van der Waals surface area (Å²) in [4.78, 5) is 15.1. The third-order valence-corrected chi connectivity index (χ3v) is 4.91. The van der Waals surface area contributed by atoms with E-state index in [2.05, 4.69) is 28.6 Å². The molecule has 0 N–H and O–H groups in total. The van der Waals surface area contributed by atoms with Crippen LogP contribution in [0, 0.1) is 20.8 Å². The molecule has 1 amide bonds. The zero-order valence-electron chi connectivity index (χ0n) is 15.7. The monoisotopic (exact) mass is 346 g/mol. The number of hydrogen-bond acceptors (Lipinski definition) is 5. The zero-order chi connectivity index (χ0) is 18.3. The molecule has 7 nitrogen and oxygen atoms in total. The Bertz CT molecular complexity index is 777. The molecule has 2 aromatic rings. The first-order valence-corrected chi connectivity index (χ1v) is 8.65. The highest BCUT2D eigenvalue weighted by Gasteiger charge is 2.40. The largest absolute Gasteiger partial charge is 0.423 e. The van der Waals surface area contributed by atoms with Gasteiger partial charge in [0.05, 0.1) is 11.7 Å². The Kier molecular flexibility index (Phi) is 4.69. The molecule has 25 heavy (non-hydrogen) atoms. The number of hydrogen-bond donors (Lipinski definition) is 0. The molecular formula is C18H26N4O3. The number of carbonyl (C=O) groups excluding carboxylic acids is 1. The van der Waals surface area contributed by atoms with E-state index in [1.54, 1.807) is 18.9 Å². The van der Waals surface area contributed by atoms with Gasteiger partial charge >= 0.3 is 0 Å². The molecule has 1 saturated heterocycles. The maximum atomic E-state index is 13.3. The lowest BCUT2D eigenvalue weighted by atomic mass is 10.1. The van der Waals surface area contributed by atoms with Gasteiger partial charge in [-0.25, -0.2) is 0 Å². The van der Waals surface area contributed by atoms with E-state index >= 15 is 0 Å². The van der Waals surface area contributed by atoms with E-state index < -0.39 is 0 Å². The number of carbonyl (C=O) groups is 1. The highest BCUT2D eigenvalue weighted by Crippen LogP contribution is 2.35. The molecule has 2 aromatic heterocycles. The second-order valence-electron chi connectivity index (χ2n) is 6.97. The number of ether oxygens (including phenoxy) is 1. The average Bonchev–Trinajstić information content (AvgIpc) is 3.23. The molecular weight excluding hydrogens is 320 g/mol. The lowest BCUT2D eigenvalue weighted by Gasteiger charge is -2.22. The minimum absolute atomic E-state index is 0.0135. The summed E-state index contributed by atoms with van der Waals surface area (Å²) in [6.45, 7) is 10.5. The fourth-order valence-electron chi connectivity index (χ4n) is 3.82. The van der Waals surface area contributed by atoms with Crippen LogP contribution in [0.1, 0.15) is 65.9 Å². The smallest absolute Gasteiger partial charge is 0.256 e. The Labute approximate surface area is 148 Å². The third-order valence-electron chi connectivity index (χ3n) is 4.91. The highest BCUT2D eigenvalue weighted by atomic mass is 16.5.